The van der Waals surface area contributed by atoms with Crippen LogP contribution in [0, 0.1) is 0 Å². The molecule has 134 valence electrons. The highest BCUT2D eigenvalue weighted by atomic mass is 32.2. The topological polar surface area (TPSA) is 73.0 Å². The van der Waals surface area contributed by atoms with Crippen molar-refractivity contribution in [3.8, 4) is 0 Å². The van der Waals surface area contributed by atoms with Crippen LogP contribution in [0.4, 0.5) is 0 Å². The minimum atomic E-state index is -3.11. The van der Waals surface area contributed by atoms with Gasteiger partial charge in [0.15, 0.2) is 0 Å². The van der Waals surface area contributed by atoms with E-state index >= 15 is 0 Å². The number of nitrogens with zero attached hydrogens (tertiary/aromatic N) is 3. The lowest BCUT2D eigenvalue weighted by Crippen LogP contribution is -2.61. The van der Waals surface area contributed by atoms with Gasteiger partial charge in [0, 0.05) is 52.2 Å². The third-order valence-corrected chi connectivity index (χ3v) is 7.16. The molecule has 1 N–H and O–H groups in total. The second-order valence-corrected chi connectivity index (χ2v) is 9.28. The molecule has 2 aliphatic rings. The number of rotatable bonds is 5. The molecule has 2 rings (SSSR count). The normalized spacial score (nSPS) is 28.1. The van der Waals surface area contributed by atoms with Crippen molar-refractivity contribution in [2.75, 3.05) is 59.6 Å². The molecule has 2 heterocycles. The van der Waals surface area contributed by atoms with Crippen LogP contribution in [0.3, 0.4) is 0 Å². The highest BCUT2D eigenvalue weighted by Gasteiger charge is 2.40. The average Bonchev–Trinajstić information content (AvgIpc) is 2.66. The number of carbonyl (C=O) groups excluding carboxylic acids is 1. The summed E-state index contributed by atoms with van der Waals surface area (Å²) < 4.78 is 25.0. The molecule has 0 radical (unpaired) electrons. The number of piperazine rings is 1. The number of sulfonamides is 1. The monoisotopic (exact) mass is 346 g/mol. The molecule has 0 saturated carbocycles. The first-order valence-electron chi connectivity index (χ1n) is 8.36. The molecule has 23 heavy (non-hydrogen) atoms. The molecule has 0 aromatic carbocycles. The molecule has 2 saturated heterocycles. The zero-order chi connectivity index (χ0) is 17.1. The van der Waals surface area contributed by atoms with Crippen LogP contribution in [0.25, 0.3) is 0 Å². The van der Waals surface area contributed by atoms with E-state index in [1.165, 1.54) is 4.31 Å². The summed E-state index contributed by atoms with van der Waals surface area (Å²) in [6, 6.07) is 0. The highest BCUT2D eigenvalue weighted by Crippen LogP contribution is 2.30. The maximum absolute atomic E-state index is 11.9. The Kier molecular flexibility index (Phi) is 6.05. The number of nitrogens with one attached hydrogen (secondary N) is 1. The maximum atomic E-state index is 11.9. The standard InChI is InChI=1S/C15H30N4O3S/c1-17(2)23(21,22)12-4-9-19-11-10-18(3)15(13-19)6-5-14(20)16-8-7-15/h4-13H2,1-3H3,(H,16,20)/t15-/m0/s1. The van der Waals surface area contributed by atoms with Gasteiger partial charge >= 0.3 is 0 Å². The summed E-state index contributed by atoms with van der Waals surface area (Å²) in [5, 5.41) is 2.96. The Bertz CT molecular complexity index is 523. The van der Waals surface area contributed by atoms with E-state index in [0.717, 1.165) is 45.6 Å². The van der Waals surface area contributed by atoms with Crippen molar-refractivity contribution in [3.05, 3.63) is 0 Å². The number of carbonyl (C=O) groups is 1. The third kappa shape index (κ3) is 4.65. The van der Waals surface area contributed by atoms with E-state index in [1.54, 1.807) is 14.1 Å². The molecule has 7 nitrogen and oxygen atoms in total. The Hall–Kier alpha value is -0.700. The Morgan fingerprint density at radius 2 is 2.00 bits per heavy atom. The van der Waals surface area contributed by atoms with Gasteiger partial charge in [0.2, 0.25) is 15.9 Å². The predicted octanol–water partition coefficient (Wildman–Crippen LogP) is -0.446. The minimum absolute atomic E-state index is 0.0395. The second-order valence-electron chi connectivity index (χ2n) is 6.97. The molecule has 0 bridgehead atoms. The van der Waals surface area contributed by atoms with Gasteiger partial charge in [0.05, 0.1) is 5.75 Å². The fraction of sp³-hybridized carbons (Fsp3) is 0.933. The lowest BCUT2D eigenvalue weighted by Gasteiger charge is -2.49. The van der Waals surface area contributed by atoms with Gasteiger partial charge in [0.25, 0.3) is 0 Å². The molecule has 0 aliphatic carbocycles. The van der Waals surface area contributed by atoms with Crippen LogP contribution >= 0.6 is 0 Å². The number of hydrogen-bond donors (Lipinski definition) is 1. The Morgan fingerprint density at radius 3 is 2.70 bits per heavy atom. The van der Waals surface area contributed by atoms with E-state index in [9.17, 15) is 13.2 Å². The summed E-state index contributed by atoms with van der Waals surface area (Å²) in [7, 11) is 2.19. The molecule has 1 amide bonds. The van der Waals surface area contributed by atoms with Crippen molar-refractivity contribution in [2.45, 2.75) is 31.2 Å². The van der Waals surface area contributed by atoms with Gasteiger partial charge < -0.3 is 10.2 Å². The predicted molar refractivity (Wildman–Crippen MR) is 90.8 cm³/mol. The minimum Gasteiger partial charge on any atom is -0.356 e. The maximum Gasteiger partial charge on any atom is 0.220 e. The molecule has 1 spiro atoms. The zero-order valence-electron chi connectivity index (χ0n) is 14.5. The van der Waals surface area contributed by atoms with Crippen molar-refractivity contribution < 1.29 is 13.2 Å². The Labute approximate surface area is 140 Å². The molecular weight excluding hydrogens is 316 g/mol. The van der Waals surface area contributed by atoms with E-state index in [0.29, 0.717) is 12.8 Å². The summed E-state index contributed by atoms with van der Waals surface area (Å²) in [6.45, 7) is 4.37. The fourth-order valence-electron chi connectivity index (χ4n) is 3.52. The Balaban J connectivity index is 1.91. The number of hydrogen-bond acceptors (Lipinski definition) is 5. The first-order chi connectivity index (χ1) is 10.8. The van der Waals surface area contributed by atoms with Gasteiger partial charge in [-0.25, -0.2) is 12.7 Å². The summed E-state index contributed by atoms with van der Waals surface area (Å²) in [4.78, 5) is 16.4. The fourth-order valence-corrected chi connectivity index (χ4v) is 4.38. The highest BCUT2D eigenvalue weighted by molar-refractivity contribution is 7.89. The van der Waals surface area contributed by atoms with Crippen LogP contribution in [0.5, 0.6) is 0 Å². The SMILES string of the molecule is CN1CCN(CCCS(=O)(=O)N(C)C)C[C@]12CCNC(=O)CC2. The van der Waals surface area contributed by atoms with Gasteiger partial charge in [-0.2, -0.15) is 0 Å². The Morgan fingerprint density at radius 1 is 1.26 bits per heavy atom. The molecular formula is C15H30N4O3S. The summed E-state index contributed by atoms with van der Waals surface area (Å²) in [5.74, 6) is 0.337. The molecule has 2 aliphatic heterocycles. The van der Waals surface area contributed by atoms with Crippen molar-refractivity contribution >= 4 is 15.9 Å². The van der Waals surface area contributed by atoms with Crippen LogP contribution in [0.15, 0.2) is 0 Å². The number of likely N-dealkylation sites (N-methyl/N-ethyl adjacent to an activating group) is 1. The summed E-state index contributed by atoms with van der Waals surface area (Å²) in [5.41, 5.74) is 0.0395. The smallest absolute Gasteiger partial charge is 0.220 e. The lowest BCUT2D eigenvalue weighted by atomic mass is 9.86. The third-order valence-electron chi connectivity index (χ3n) is 5.24. The molecule has 1 atom stereocenters. The van der Waals surface area contributed by atoms with Gasteiger partial charge in [-0.15, -0.1) is 0 Å². The summed E-state index contributed by atoms with van der Waals surface area (Å²) >= 11 is 0. The molecule has 0 aromatic heterocycles. The van der Waals surface area contributed by atoms with Crippen LogP contribution < -0.4 is 5.32 Å². The van der Waals surface area contributed by atoms with Gasteiger partial charge in [-0.1, -0.05) is 0 Å². The second kappa shape index (κ2) is 7.46. The molecule has 2 fully saturated rings. The van der Waals surface area contributed by atoms with Crippen molar-refractivity contribution in [3.63, 3.8) is 0 Å². The van der Waals surface area contributed by atoms with E-state index in [1.807, 2.05) is 0 Å². The molecule has 0 aromatic rings. The van der Waals surface area contributed by atoms with E-state index in [2.05, 4.69) is 22.2 Å². The van der Waals surface area contributed by atoms with Crippen molar-refractivity contribution in [2.24, 2.45) is 0 Å². The van der Waals surface area contributed by atoms with Crippen LogP contribution in [0.2, 0.25) is 0 Å². The number of amides is 1. The van der Waals surface area contributed by atoms with Crippen molar-refractivity contribution in [1.82, 2.24) is 19.4 Å². The summed E-state index contributed by atoms with van der Waals surface area (Å²) in [6.07, 6.45) is 3.06. The zero-order valence-corrected chi connectivity index (χ0v) is 15.4. The van der Waals surface area contributed by atoms with Gasteiger partial charge in [-0.3, -0.25) is 9.69 Å². The largest absolute Gasteiger partial charge is 0.356 e. The van der Waals surface area contributed by atoms with Crippen LogP contribution in [0.1, 0.15) is 25.7 Å². The first-order valence-corrected chi connectivity index (χ1v) is 9.97. The lowest BCUT2D eigenvalue weighted by molar-refractivity contribution is -0.121. The molecule has 8 heteroatoms. The van der Waals surface area contributed by atoms with E-state index < -0.39 is 10.0 Å². The quantitative estimate of drug-likeness (QED) is 0.730. The van der Waals surface area contributed by atoms with Gasteiger partial charge in [-0.05, 0) is 32.9 Å². The van der Waals surface area contributed by atoms with Gasteiger partial charge in [0.1, 0.15) is 0 Å². The van der Waals surface area contributed by atoms with Crippen LogP contribution in [-0.4, -0.2) is 93.6 Å². The van der Waals surface area contributed by atoms with E-state index in [4.69, 9.17) is 0 Å². The molecule has 0 unspecified atom stereocenters. The van der Waals surface area contributed by atoms with Crippen LogP contribution in [-0.2, 0) is 14.8 Å². The van der Waals surface area contributed by atoms with E-state index in [-0.39, 0.29) is 17.2 Å². The average molecular weight is 346 g/mol. The first kappa shape index (κ1) is 18.6. The van der Waals surface area contributed by atoms with Crippen molar-refractivity contribution in [1.29, 1.82) is 0 Å².